The molecule has 11 heteroatoms. The summed E-state index contributed by atoms with van der Waals surface area (Å²) in [4.78, 5) is 16.6. The van der Waals surface area contributed by atoms with E-state index in [-0.39, 0.29) is 16.8 Å². The minimum absolute atomic E-state index is 0.0432. The molecule has 0 unspecified atom stereocenters. The van der Waals surface area contributed by atoms with Crippen molar-refractivity contribution < 1.29 is 17.9 Å². The van der Waals surface area contributed by atoms with Crippen LogP contribution in [-0.4, -0.2) is 98.1 Å². The van der Waals surface area contributed by atoms with Crippen LogP contribution in [0.15, 0.2) is 23.2 Å². The van der Waals surface area contributed by atoms with E-state index in [2.05, 4.69) is 15.1 Å². The minimum Gasteiger partial charge on any atom is -0.379 e. The largest absolute Gasteiger partial charge is 0.379 e. The van der Waals surface area contributed by atoms with Crippen LogP contribution in [0.1, 0.15) is 13.8 Å². The molecular weight excluding hydrogens is 426 g/mol. The van der Waals surface area contributed by atoms with Crippen LogP contribution in [0.25, 0.3) is 0 Å². The molecule has 1 amide bonds. The summed E-state index contributed by atoms with van der Waals surface area (Å²) in [7, 11) is -3.56. The molecule has 2 aliphatic rings. The van der Waals surface area contributed by atoms with Gasteiger partial charge in [-0.15, -0.1) is 0 Å². The van der Waals surface area contributed by atoms with Crippen molar-refractivity contribution in [2.24, 2.45) is 0 Å². The number of amides is 1. The third-order valence-corrected chi connectivity index (χ3v) is 7.45. The zero-order chi connectivity index (χ0) is 21.7. The first-order chi connectivity index (χ1) is 14.3. The van der Waals surface area contributed by atoms with Crippen molar-refractivity contribution in [1.82, 2.24) is 24.0 Å². The van der Waals surface area contributed by atoms with Gasteiger partial charge in [0.05, 0.1) is 31.3 Å². The van der Waals surface area contributed by atoms with Crippen LogP contribution in [0.2, 0.25) is 0 Å². The summed E-state index contributed by atoms with van der Waals surface area (Å²) in [6, 6.07) is 3.39. The molecule has 0 aromatic carbocycles. The fourth-order valence-corrected chi connectivity index (χ4v) is 5.19. The Hall–Kier alpha value is -1.37. The van der Waals surface area contributed by atoms with E-state index in [1.54, 1.807) is 18.3 Å². The van der Waals surface area contributed by atoms with Crippen LogP contribution in [-0.2, 0) is 26.2 Å². The Labute approximate surface area is 183 Å². The summed E-state index contributed by atoms with van der Waals surface area (Å²) < 4.78 is 35.0. The number of aromatic nitrogens is 1. The average Bonchev–Trinajstić information content (AvgIpc) is 2.71. The first kappa shape index (κ1) is 23.3. The predicted molar refractivity (Wildman–Crippen MR) is 116 cm³/mol. The molecule has 2 fully saturated rings. The Kier molecular flexibility index (Phi) is 7.99. The van der Waals surface area contributed by atoms with Gasteiger partial charge in [0.2, 0.25) is 15.9 Å². The van der Waals surface area contributed by atoms with Crippen molar-refractivity contribution in [2.45, 2.75) is 31.5 Å². The van der Waals surface area contributed by atoms with Crippen molar-refractivity contribution in [3.8, 4) is 0 Å². The molecular formula is C19H31N5O4S2. The molecule has 0 bridgehead atoms. The normalized spacial score (nSPS) is 19.8. The van der Waals surface area contributed by atoms with Gasteiger partial charge in [0.1, 0.15) is 4.64 Å². The monoisotopic (exact) mass is 457 g/mol. The number of piperazine rings is 1. The van der Waals surface area contributed by atoms with Gasteiger partial charge in [0.15, 0.2) is 0 Å². The lowest BCUT2D eigenvalue weighted by molar-refractivity contribution is -0.123. The van der Waals surface area contributed by atoms with Gasteiger partial charge >= 0.3 is 0 Å². The maximum absolute atomic E-state index is 12.9. The fourth-order valence-electron chi connectivity index (χ4n) is 3.58. The summed E-state index contributed by atoms with van der Waals surface area (Å²) in [5, 5.41) is 2.92. The summed E-state index contributed by atoms with van der Waals surface area (Å²) in [5.74, 6) is 0.0432. The Morgan fingerprint density at radius 2 is 1.73 bits per heavy atom. The number of pyridine rings is 1. The molecule has 0 saturated carbocycles. The van der Waals surface area contributed by atoms with Gasteiger partial charge in [-0.2, -0.15) is 4.31 Å². The van der Waals surface area contributed by atoms with Gasteiger partial charge in [-0.05, 0) is 26.0 Å². The summed E-state index contributed by atoms with van der Waals surface area (Å²) in [5.41, 5.74) is 0. The lowest BCUT2D eigenvalue weighted by Crippen LogP contribution is -2.50. The Balaban J connectivity index is 1.60. The first-order valence-electron chi connectivity index (χ1n) is 10.3. The number of morpholine rings is 1. The third kappa shape index (κ3) is 6.08. The van der Waals surface area contributed by atoms with E-state index in [0.717, 1.165) is 26.2 Å². The second-order valence-electron chi connectivity index (χ2n) is 7.95. The second kappa shape index (κ2) is 10.3. The number of hydrogen-bond donors (Lipinski definition) is 1. The summed E-state index contributed by atoms with van der Waals surface area (Å²) in [6.45, 7) is 9.53. The molecule has 1 aromatic rings. The van der Waals surface area contributed by atoms with Crippen LogP contribution in [0.5, 0.6) is 0 Å². The standard InChI is InChI=1S/C19H31N5O4S2/c1-16(2)20-18(25)14-21-5-7-22(8-6-21)15-23-13-17(3-4-19(23)29)30(26,27)24-9-11-28-12-10-24/h3-4,13,16H,5-12,14-15H2,1-2H3,(H,20,25). The number of rotatable bonds is 7. The van der Waals surface area contributed by atoms with E-state index < -0.39 is 10.0 Å². The molecule has 1 aromatic heterocycles. The quantitative estimate of drug-likeness (QED) is 0.591. The average molecular weight is 458 g/mol. The van der Waals surface area contributed by atoms with E-state index in [9.17, 15) is 13.2 Å². The number of nitrogens with zero attached hydrogens (tertiary/aromatic N) is 4. The van der Waals surface area contributed by atoms with Gasteiger partial charge < -0.3 is 14.6 Å². The maximum Gasteiger partial charge on any atom is 0.244 e. The van der Waals surface area contributed by atoms with Crippen molar-refractivity contribution >= 4 is 28.1 Å². The van der Waals surface area contributed by atoms with Crippen LogP contribution in [0.4, 0.5) is 0 Å². The number of hydrogen-bond acceptors (Lipinski definition) is 7. The van der Waals surface area contributed by atoms with Crippen molar-refractivity contribution in [3.63, 3.8) is 0 Å². The molecule has 0 atom stereocenters. The molecule has 3 rings (SSSR count). The number of carbonyl (C=O) groups excluding carboxylic acids is 1. The zero-order valence-corrected chi connectivity index (χ0v) is 19.3. The molecule has 168 valence electrons. The molecule has 9 nitrogen and oxygen atoms in total. The van der Waals surface area contributed by atoms with E-state index in [4.69, 9.17) is 17.0 Å². The highest BCUT2D eigenvalue weighted by Gasteiger charge is 2.27. The van der Waals surface area contributed by atoms with E-state index in [1.165, 1.54) is 4.31 Å². The number of carbonyl (C=O) groups is 1. The topological polar surface area (TPSA) is 87.1 Å². The van der Waals surface area contributed by atoms with Gasteiger partial charge in [-0.3, -0.25) is 14.6 Å². The zero-order valence-electron chi connectivity index (χ0n) is 17.6. The summed E-state index contributed by atoms with van der Waals surface area (Å²) >= 11 is 5.42. The molecule has 0 spiro atoms. The van der Waals surface area contributed by atoms with Crippen molar-refractivity contribution in [1.29, 1.82) is 0 Å². The van der Waals surface area contributed by atoms with E-state index in [0.29, 0.717) is 44.2 Å². The fraction of sp³-hybridized carbons (Fsp3) is 0.684. The molecule has 2 saturated heterocycles. The number of sulfonamides is 1. The molecule has 0 radical (unpaired) electrons. The van der Waals surface area contributed by atoms with Gasteiger partial charge in [-0.1, -0.05) is 12.2 Å². The molecule has 0 aliphatic carbocycles. The third-order valence-electron chi connectivity index (χ3n) is 5.20. The van der Waals surface area contributed by atoms with Crippen LogP contribution < -0.4 is 5.32 Å². The lowest BCUT2D eigenvalue weighted by Gasteiger charge is -2.34. The first-order valence-corrected chi connectivity index (χ1v) is 12.1. The highest BCUT2D eigenvalue weighted by Crippen LogP contribution is 2.17. The Morgan fingerprint density at radius 3 is 2.37 bits per heavy atom. The van der Waals surface area contributed by atoms with Crippen molar-refractivity contribution in [2.75, 3.05) is 59.0 Å². The summed E-state index contributed by atoms with van der Waals surface area (Å²) in [6.07, 6.45) is 1.63. The maximum atomic E-state index is 12.9. The highest BCUT2D eigenvalue weighted by molar-refractivity contribution is 7.89. The minimum atomic E-state index is -3.56. The number of ether oxygens (including phenoxy) is 1. The van der Waals surface area contributed by atoms with Gasteiger partial charge in [0.25, 0.3) is 0 Å². The van der Waals surface area contributed by atoms with Crippen LogP contribution >= 0.6 is 12.2 Å². The molecule has 2 aliphatic heterocycles. The van der Waals surface area contributed by atoms with Crippen LogP contribution in [0.3, 0.4) is 0 Å². The predicted octanol–water partition coefficient (Wildman–Crippen LogP) is 0.338. The lowest BCUT2D eigenvalue weighted by atomic mass is 10.3. The SMILES string of the molecule is CC(C)NC(=O)CN1CCN(Cn2cc(S(=O)(=O)N3CCOCC3)ccc2=S)CC1. The Morgan fingerprint density at radius 1 is 1.10 bits per heavy atom. The van der Waals surface area contributed by atoms with Crippen molar-refractivity contribution in [3.05, 3.63) is 23.0 Å². The second-order valence-corrected chi connectivity index (χ2v) is 10.3. The van der Waals surface area contributed by atoms with E-state index in [1.807, 2.05) is 18.4 Å². The molecule has 1 N–H and O–H groups in total. The number of nitrogens with one attached hydrogen (secondary N) is 1. The van der Waals surface area contributed by atoms with Gasteiger partial charge in [0, 0.05) is 51.5 Å². The van der Waals surface area contributed by atoms with Crippen LogP contribution in [0, 0.1) is 4.64 Å². The molecule has 3 heterocycles. The highest BCUT2D eigenvalue weighted by atomic mass is 32.2. The Bertz CT molecular complexity index is 888. The smallest absolute Gasteiger partial charge is 0.244 e. The van der Waals surface area contributed by atoms with E-state index >= 15 is 0 Å². The molecule has 30 heavy (non-hydrogen) atoms. The van der Waals surface area contributed by atoms with Gasteiger partial charge in [-0.25, -0.2) is 8.42 Å².